The van der Waals surface area contributed by atoms with Crippen LogP contribution in [0.1, 0.15) is 47.1 Å². The van der Waals surface area contributed by atoms with Crippen LogP contribution in [-0.4, -0.2) is 40.5 Å². The first-order chi connectivity index (χ1) is 15.5. The molecular weight excluding hydrogens is 404 g/mol. The van der Waals surface area contributed by atoms with Crippen molar-refractivity contribution < 1.29 is 14.3 Å². The minimum atomic E-state index is -0.331. The maximum atomic E-state index is 13.6. The van der Waals surface area contributed by atoms with Crippen molar-refractivity contribution in [2.24, 2.45) is 10.9 Å². The summed E-state index contributed by atoms with van der Waals surface area (Å²) >= 11 is 0. The van der Waals surface area contributed by atoms with E-state index in [0.717, 1.165) is 16.8 Å². The number of aromatic nitrogens is 3. The molecule has 2 aliphatic rings. The highest BCUT2D eigenvalue weighted by Gasteiger charge is 2.44. The van der Waals surface area contributed by atoms with E-state index in [1.165, 1.54) is 17.5 Å². The van der Waals surface area contributed by atoms with Crippen LogP contribution in [0, 0.1) is 19.8 Å². The van der Waals surface area contributed by atoms with Gasteiger partial charge in [0, 0.05) is 12.1 Å². The monoisotopic (exact) mass is 430 g/mol. The van der Waals surface area contributed by atoms with Crippen molar-refractivity contribution >= 4 is 17.4 Å². The van der Waals surface area contributed by atoms with E-state index in [9.17, 15) is 4.79 Å². The van der Waals surface area contributed by atoms with Crippen LogP contribution in [0.2, 0.25) is 0 Å². The van der Waals surface area contributed by atoms with Crippen molar-refractivity contribution in [1.82, 2.24) is 14.8 Å². The number of rotatable bonds is 4. The summed E-state index contributed by atoms with van der Waals surface area (Å²) in [5.74, 6) is 1.78. The molecule has 1 aliphatic heterocycles. The van der Waals surface area contributed by atoms with Crippen LogP contribution in [0.25, 0.3) is 0 Å². The highest BCUT2D eigenvalue weighted by atomic mass is 16.5. The Kier molecular flexibility index (Phi) is 5.04. The van der Waals surface area contributed by atoms with Gasteiger partial charge < -0.3 is 9.47 Å². The van der Waals surface area contributed by atoms with Gasteiger partial charge in [0.1, 0.15) is 12.1 Å². The first-order valence-corrected chi connectivity index (χ1v) is 10.8. The maximum Gasteiger partial charge on any atom is 0.248 e. The third kappa shape index (κ3) is 3.28. The highest BCUT2D eigenvalue weighted by Crippen LogP contribution is 2.44. The van der Waals surface area contributed by atoms with Crippen molar-refractivity contribution in [2.75, 3.05) is 14.2 Å². The normalized spacial score (nSPS) is 22.1. The van der Waals surface area contributed by atoms with Gasteiger partial charge in [-0.2, -0.15) is 10.1 Å². The minimum absolute atomic E-state index is 0.0344. The van der Waals surface area contributed by atoms with Crippen LogP contribution in [0.3, 0.4) is 0 Å². The lowest BCUT2D eigenvalue weighted by atomic mass is 9.71. The van der Waals surface area contributed by atoms with E-state index >= 15 is 0 Å². The Bertz CT molecular complexity index is 1230. The van der Waals surface area contributed by atoms with E-state index in [-0.39, 0.29) is 23.7 Å². The largest absolute Gasteiger partial charge is 0.493 e. The molecule has 0 amide bonds. The zero-order valence-electron chi connectivity index (χ0n) is 18.7. The molecule has 1 aliphatic carbocycles. The molecule has 1 aromatic heterocycles. The molecular formula is C25H26N4O3. The van der Waals surface area contributed by atoms with Crippen LogP contribution >= 0.6 is 0 Å². The van der Waals surface area contributed by atoms with E-state index in [4.69, 9.17) is 14.5 Å². The average molecular weight is 431 g/mol. The predicted molar refractivity (Wildman–Crippen MR) is 121 cm³/mol. The molecule has 5 rings (SSSR count). The summed E-state index contributed by atoms with van der Waals surface area (Å²) in [5.41, 5.74) is 5.41. The number of aliphatic imine (C=N–C) groups is 1. The lowest BCUT2D eigenvalue weighted by Gasteiger charge is -2.37. The van der Waals surface area contributed by atoms with Gasteiger partial charge in [-0.15, -0.1) is 0 Å². The number of carbonyl (C=O) groups excluding carboxylic acids is 1. The Hall–Kier alpha value is -3.48. The average Bonchev–Trinajstić information content (AvgIpc) is 3.27. The lowest BCUT2D eigenvalue weighted by molar-refractivity contribution is -0.122. The summed E-state index contributed by atoms with van der Waals surface area (Å²) < 4.78 is 12.6. The molecule has 32 heavy (non-hydrogen) atoms. The number of methoxy groups -OCH3 is 2. The number of hydrogen-bond acceptors (Lipinski definition) is 6. The van der Waals surface area contributed by atoms with Gasteiger partial charge >= 0.3 is 0 Å². The van der Waals surface area contributed by atoms with Crippen molar-refractivity contribution in [3.8, 4) is 11.5 Å². The minimum Gasteiger partial charge on any atom is -0.493 e. The van der Waals surface area contributed by atoms with Gasteiger partial charge in [-0.3, -0.25) is 4.79 Å². The van der Waals surface area contributed by atoms with Crippen LogP contribution in [0.15, 0.2) is 47.7 Å². The molecule has 3 unspecified atom stereocenters. The molecule has 2 heterocycles. The van der Waals surface area contributed by atoms with Gasteiger partial charge in [0.05, 0.1) is 26.2 Å². The Balaban J connectivity index is 1.54. The third-order valence-electron chi connectivity index (χ3n) is 6.74. The molecule has 0 bridgehead atoms. The Morgan fingerprint density at radius 2 is 1.72 bits per heavy atom. The fourth-order valence-electron chi connectivity index (χ4n) is 4.90. The fourth-order valence-corrected chi connectivity index (χ4v) is 4.90. The van der Waals surface area contributed by atoms with Crippen molar-refractivity contribution in [3.05, 3.63) is 65.0 Å². The molecule has 3 atom stereocenters. The molecule has 0 saturated heterocycles. The maximum absolute atomic E-state index is 13.6. The summed E-state index contributed by atoms with van der Waals surface area (Å²) in [4.78, 5) is 22.7. The molecule has 3 aromatic rings. The number of benzene rings is 2. The summed E-state index contributed by atoms with van der Waals surface area (Å²) in [6, 6.07) is 12.0. The summed E-state index contributed by atoms with van der Waals surface area (Å²) in [5, 5.41) is 4.43. The molecule has 7 heteroatoms. The number of aryl methyl sites for hydroxylation is 2. The number of fused-ring (bicyclic) bond motifs is 2. The first kappa shape index (κ1) is 20.4. The van der Waals surface area contributed by atoms with E-state index in [0.29, 0.717) is 30.3 Å². The van der Waals surface area contributed by atoms with Crippen molar-refractivity contribution in [2.45, 2.75) is 38.6 Å². The topological polar surface area (TPSA) is 78.6 Å². The van der Waals surface area contributed by atoms with Gasteiger partial charge in [-0.25, -0.2) is 9.67 Å². The lowest BCUT2D eigenvalue weighted by Crippen LogP contribution is -2.41. The number of ketones is 1. The molecule has 7 nitrogen and oxygen atoms in total. The zero-order chi connectivity index (χ0) is 22.4. The van der Waals surface area contributed by atoms with Crippen molar-refractivity contribution in [1.29, 1.82) is 0 Å². The standard InChI is InChI=1S/C25H26N4O3/c1-14-5-6-17(9-15(14)2)24-23-19(28-25-26-13-27-29(24)25)10-18(11-20(23)30)16-7-8-21(31-3)22(12-16)32-4/h5-9,12-13,18,23-24H,10-11H2,1-4H3. The number of Topliss-reactive ketones (excluding diaryl/α,β-unsaturated/α-hetero) is 1. The Morgan fingerprint density at radius 3 is 2.47 bits per heavy atom. The SMILES string of the molecule is COc1ccc(C2CC(=O)C3C(=Nc4ncnn4C3c3ccc(C)c(C)c3)C2)cc1OC. The van der Waals surface area contributed by atoms with Gasteiger partial charge in [0.25, 0.3) is 0 Å². The third-order valence-corrected chi connectivity index (χ3v) is 6.74. The molecule has 0 radical (unpaired) electrons. The van der Waals surface area contributed by atoms with E-state index in [1.807, 2.05) is 18.2 Å². The number of hydrogen-bond donors (Lipinski definition) is 0. The number of ether oxygens (including phenoxy) is 2. The Morgan fingerprint density at radius 1 is 0.938 bits per heavy atom. The zero-order valence-corrected chi connectivity index (χ0v) is 18.7. The number of carbonyl (C=O) groups is 1. The Labute approximate surface area is 187 Å². The van der Waals surface area contributed by atoms with Crippen LogP contribution in [0.5, 0.6) is 11.5 Å². The van der Waals surface area contributed by atoms with Crippen molar-refractivity contribution in [3.63, 3.8) is 0 Å². The van der Waals surface area contributed by atoms with E-state index in [1.54, 1.807) is 18.9 Å². The van der Waals surface area contributed by atoms with Gasteiger partial charge in [-0.1, -0.05) is 24.3 Å². The second-order valence-corrected chi connectivity index (χ2v) is 8.56. The molecule has 1 fully saturated rings. The smallest absolute Gasteiger partial charge is 0.248 e. The number of nitrogens with zero attached hydrogens (tertiary/aromatic N) is 4. The van der Waals surface area contributed by atoms with E-state index in [2.05, 4.69) is 42.1 Å². The van der Waals surface area contributed by atoms with E-state index < -0.39 is 0 Å². The highest BCUT2D eigenvalue weighted by molar-refractivity contribution is 6.10. The summed E-state index contributed by atoms with van der Waals surface area (Å²) in [7, 11) is 3.24. The fraction of sp³-hybridized carbons (Fsp3) is 0.360. The summed E-state index contributed by atoms with van der Waals surface area (Å²) in [6.07, 6.45) is 2.66. The molecule has 1 saturated carbocycles. The first-order valence-electron chi connectivity index (χ1n) is 10.8. The van der Waals surface area contributed by atoms with Gasteiger partial charge in [-0.05, 0) is 60.6 Å². The quantitative estimate of drug-likeness (QED) is 0.615. The van der Waals surface area contributed by atoms with Crippen LogP contribution in [-0.2, 0) is 4.79 Å². The second-order valence-electron chi connectivity index (χ2n) is 8.56. The van der Waals surface area contributed by atoms with Gasteiger partial charge in [0.2, 0.25) is 5.95 Å². The molecule has 0 spiro atoms. The predicted octanol–water partition coefficient (Wildman–Crippen LogP) is 4.35. The van der Waals surface area contributed by atoms with Crippen LogP contribution in [0.4, 0.5) is 5.95 Å². The molecule has 164 valence electrons. The van der Waals surface area contributed by atoms with Crippen LogP contribution < -0.4 is 9.47 Å². The molecule has 2 aromatic carbocycles. The van der Waals surface area contributed by atoms with Gasteiger partial charge in [0.15, 0.2) is 11.5 Å². The second kappa shape index (κ2) is 7.89. The summed E-state index contributed by atoms with van der Waals surface area (Å²) in [6.45, 7) is 4.18. The molecule has 0 N–H and O–H groups in total.